The molecule has 2 atom stereocenters. The number of hydrogen-bond acceptors (Lipinski definition) is 3. The van der Waals surface area contributed by atoms with Crippen LogP contribution in [-0.2, 0) is 4.74 Å². The molecule has 1 aliphatic heterocycles. The summed E-state index contributed by atoms with van der Waals surface area (Å²) in [5.41, 5.74) is 0.351. The molecule has 2 unspecified atom stereocenters. The lowest BCUT2D eigenvalue weighted by molar-refractivity contribution is 0.107. The maximum absolute atomic E-state index is 13.4. The summed E-state index contributed by atoms with van der Waals surface area (Å²) in [6.07, 6.45) is 1.67. The summed E-state index contributed by atoms with van der Waals surface area (Å²) in [5.74, 6) is -0.347. The van der Waals surface area contributed by atoms with Gasteiger partial charge in [-0.05, 0) is 25.0 Å². The molecule has 0 amide bonds. The van der Waals surface area contributed by atoms with E-state index in [4.69, 9.17) is 10.00 Å². The highest BCUT2D eigenvalue weighted by molar-refractivity contribution is 5.46. The molecule has 0 spiro atoms. The molecule has 0 bridgehead atoms. The normalized spacial score (nSPS) is 21.4. The van der Waals surface area contributed by atoms with Crippen molar-refractivity contribution in [3.63, 3.8) is 0 Å². The van der Waals surface area contributed by atoms with Crippen molar-refractivity contribution in [2.24, 2.45) is 0 Å². The lowest BCUT2D eigenvalue weighted by Crippen LogP contribution is -2.31. The summed E-state index contributed by atoms with van der Waals surface area (Å²) in [5, 5.41) is 11.9. The zero-order chi connectivity index (χ0) is 11.4. The van der Waals surface area contributed by atoms with Crippen molar-refractivity contribution in [1.29, 1.82) is 5.26 Å². The highest BCUT2D eigenvalue weighted by atomic mass is 19.1. The molecule has 1 heterocycles. The summed E-state index contributed by atoms with van der Waals surface area (Å²) >= 11 is 0. The van der Waals surface area contributed by atoms with Crippen molar-refractivity contribution in [2.45, 2.75) is 25.0 Å². The minimum absolute atomic E-state index is 0.135. The van der Waals surface area contributed by atoms with E-state index >= 15 is 0 Å². The third-order valence-corrected chi connectivity index (χ3v) is 2.66. The third-order valence-electron chi connectivity index (χ3n) is 2.66. The summed E-state index contributed by atoms with van der Waals surface area (Å²) in [6.45, 7) is 0.682. The predicted molar refractivity (Wildman–Crippen MR) is 58.4 cm³/mol. The average molecular weight is 220 g/mol. The van der Waals surface area contributed by atoms with E-state index in [0.717, 1.165) is 12.8 Å². The van der Waals surface area contributed by atoms with Crippen LogP contribution in [0.15, 0.2) is 24.3 Å². The summed E-state index contributed by atoms with van der Waals surface area (Å²) in [4.78, 5) is 0. The van der Waals surface area contributed by atoms with Crippen LogP contribution in [0.4, 0.5) is 10.1 Å². The highest BCUT2D eigenvalue weighted by Gasteiger charge is 2.26. The van der Waals surface area contributed by atoms with E-state index in [1.54, 1.807) is 18.2 Å². The Balaban J connectivity index is 2.07. The lowest BCUT2D eigenvalue weighted by atomic mass is 10.1. The molecule has 84 valence electrons. The van der Waals surface area contributed by atoms with Crippen molar-refractivity contribution in [2.75, 3.05) is 11.9 Å². The van der Waals surface area contributed by atoms with Gasteiger partial charge in [0.25, 0.3) is 0 Å². The summed E-state index contributed by atoms with van der Waals surface area (Å²) < 4.78 is 18.8. The predicted octanol–water partition coefficient (Wildman–Crippen LogP) is 2.31. The molecule has 1 fully saturated rings. The van der Waals surface area contributed by atoms with E-state index in [9.17, 15) is 4.39 Å². The number of ether oxygens (including phenoxy) is 1. The Labute approximate surface area is 93.8 Å². The van der Waals surface area contributed by atoms with Crippen LogP contribution in [0.1, 0.15) is 12.8 Å². The van der Waals surface area contributed by atoms with E-state index < -0.39 is 6.04 Å². The maximum Gasteiger partial charge on any atom is 0.146 e. The zero-order valence-electron chi connectivity index (χ0n) is 8.82. The molecule has 1 aliphatic rings. The van der Waals surface area contributed by atoms with Gasteiger partial charge in [-0.2, -0.15) is 5.26 Å². The number of para-hydroxylation sites is 1. The standard InChI is InChI=1S/C12H13FN2O/c13-9-4-1-2-5-10(9)15-11(8-14)12-6-3-7-16-12/h1-2,4-5,11-12,15H,3,6-7H2. The monoisotopic (exact) mass is 220 g/mol. The van der Waals surface area contributed by atoms with Gasteiger partial charge in [0.2, 0.25) is 0 Å². The number of halogens is 1. The lowest BCUT2D eigenvalue weighted by Gasteiger charge is -2.18. The number of nitrogens with zero attached hydrogens (tertiary/aromatic N) is 1. The van der Waals surface area contributed by atoms with Crippen molar-refractivity contribution < 1.29 is 9.13 Å². The van der Waals surface area contributed by atoms with Crippen LogP contribution in [0.5, 0.6) is 0 Å². The largest absolute Gasteiger partial charge is 0.375 e. The molecular formula is C12H13FN2O. The number of anilines is 1. The number of rotatable bonds is 3. The molecule has 0 saturated carbocycles. The first-order valence-corrected chi connectivity index (χ1v) is 5.33. The minimum atomic E-state index is -0.487. The Morgan fingerprint density at radius 3 is 2.94 bits per heavy atom. The molecule has 1 aromatic carbocycles. The van der Waals surface area contributed by atoms with Crippen molar-refractivity contribution in [1.82, 2.24) is 0 Å². The molecule has 4 heteroatoms. The molecule has 0 aliphatic carbocycles. The first-order chi connectivity index (χ1) is 7.81. The number of nitriles is 1. The summed E-state index contributed by atoms with van der Waals surface area (Å²) in [7, 11) is 0. The van der Waals surface area contributed by atoms with E-state index in [2.05, 4.69) is 11.4 Å². The number of benzene rings is 1. The fourth-order valence-electron chi connectivity index (χ4n) is 1.82. The van der Waals surface area contributed by atoms with Crippen LogP contribution in [0.25, 0.3) is 0 Å². The molecule has 3 nitrogen and oxygen atoms in total. The van der Waals surface area contributed by atoms with Gasteiger partial charge in [-0.1, -0.05) is 12.1 Å². The second-order valence-electron chi connectivity index (χ2n) is 3.78. The fourth-order valence-corrected chi connectivity index (χ4v) is 1.82. The Hall–Kier alpha value is -1.60. The molecule has 16 heavy (non-hydrogen) atoms. The second-order valence-corrected chi connectivity index (χ2v) is 3.78. The fraction of sp³-hybridized carbons (Fsp3) is 0.417. The molecule has 2 rings (SSSR count). The molecule has 1 N–H and O–H groups in total. The maximum atomic E-state index is 13.4. The van der Waals surface area contributed by atoms with Gasteiger partial charge in [0.1, 0.15) is 11.9 Å². The first-order valence-electron chi connectivity index (χ1n) is 5.33. The summed E-state index contributed by atoms with van der Waals surface area (Å²) in [6, 6.07) is 7.97. The SMILES string of the molecule is N#CC(Nc1ccccc1F)C1CCCO1. The van der Waals surface area contributed by atoms with Crippen LogP contribution in [0, 0.1) is 17.1 Å². The molecule has 1 aromatic rings. The quantitative estimate of drug-likeness (QED) is 0.850. The van der Waals surface area contributed by atoms with Crippen LogP contribution >= 0.6 is 0 Å². The zero-order valence-corrected chi connectivity index (χ0v) is 8.82. The van der Waals surface area contributed by atoms with Gasteiger partial charge >= 0.3 is 0 Å². The molecule has 1 saturated heterocycles. The van der Waals surface area contributed by atoms with Gasteiger partial charge in [0, 0.05) is 6.61 Å². The van der Waals surface area contributed by atoms with Crippen LogP contribution in [-0.4, -0.2) is 18.8 Å². The van der Waals surface area contributed by atoms with Crippen molar-refractivity contribution in [3.05, 3.63) is 30.1 Å². The third kappa shape index (κ3) is 2.31. The minimum Gasteiger partial charge on any atom is -0.375 e. The van der Waals surface area contributed by atoms with E-state index in [-0.39, 0.29) is 11.9 Å². The number of hydrogen-bond donors (Lipinski definition) is 1. The van der Waals surface area contributed by atoms with Gasteiger partial charge < -0.3 is 10.1 Å². The molecular weight excluding hydrogens is 207 g/mol. The Bertz CT molecular complexity index is 396. The Kier molecular flexibility index (Phi) is 3.37. The number of nitrogens with one attached hydrogen (secondary N) is 1. The topological polar surface area (TPSA) is 45.0 Å². The average Bonchev–Trinajstić information content (AvgIpc) is 2.81. The van der Waals surface area contributed by atoms with Gasteiger partial charge in [0.15, 0.2) is 0 Å². The van der Waals surface area contributed by atoms with Crippen molar-refractivity contribution in [3.8, 4) is 6.07 Å². The molecule has 0 aromatic heterocycles. The van der Waals surface area contributed by atoms with E-state index in [1.807, 2.05) is 0 Å². The first kappa shape index (κ1) is 10.9. The Morgan fingerprint density at radius 1 is 1.50 bits per heavy atom. The van der Waals surface area contributed by atoms with Crippen LogP contribution < -0.4 is 5.32 Å². The van der Waals surface area contributed by atoms with Gasteiger partial charge in [0.05, 0.1) is 17.9 Å². The van der Waals surface area contributed by atoms with Crippen LogP contribution in [0.2, 0.25) is 0 Å². The van der Waals surface area contributed by atoms with Gasteiger partial charge in [-0.25, -0.2) is 4.39 Å². The smallest absolute Gasteiger partial charge is 0.146 e. The second kappa shape index (κ2) is 4.95. The van der Waals surface area contributed by atoms with Gasteiger partial charge in [-0.15, -0.1) is 0 Å². The van der Waals surface area contributed by atoms with Gasteiger partial charge in [-0.3, -0.25) is 0 Å². The molecule has 0 radical (unpaired) electrons. The van der Waals surface area contributed by atoms with Crippen molar-refractivity contribution >= 4 is 5.69 Å². The highest BCUT2D eigenvalue weighted by Crippen LogP contribution is 2.20. The Morgan fingerprint density at radius 2 is 2.31 bits per heavy atom. The van der Waals surface area contributed by atoms with Crippen LogP contribution in [0.3, 0.4) is 0 Å². The van der Waals surface area contributed by atoms with E-state index in [0.29, 0.717) is 12.3 Å². The van der Waals surface area contributed by atoms with E-state index in [1.165, 1.54) is 6.07 Å².